The van der Waals surface area contributed by atoms with Gasteiger partial charge in [-0.2, -0.15) is 0 Å². The van der Waals surface area contributed by atoms with Crippen LogP contribution in [0.2, 0.25) is 0 Å². The van der Waals surface area contributed by atoms with Crippen LogP contribution in [0, 0.1) is 0 Å². The monoisotopic (exact) mass is 766 g/mol. The lowest BCUT2D eigenvalue weighted by Gasteiger charge is -2.07. The highest BCUT2D eigenvalue weighted by molar-refractivity contribution is 5.91. The van der Waals surface area contributed by atoms with Gasteiger partial charge >= 0.3 is 11.9 Å². The topological polar surface area (TPSA) is 110 Å². The van der Waals surface area contributed by atoms with Crippen molar-refractivity contribution in [1.29, 1.82) is 0 Å². The van der Waals surface area contributed by atoms with Crippen molar-refractivity contribution in [1.82, 2.24) is 10.2 Å². The summed E-state index contributed by atoms with van der Waals surface area (Å²) < 4.78 is 28.7. The molecule has 5 rings (SSSR count). The maximum atomic E-state index is 12.8. The van der Waals surface area contributed by atoms with Gasteiger partial charge < -0.3 is 23.4 Å². The molecule has 294 valence electrons. The van der Waals surface area contributed by atoms with Crippen LogP contribution in [0.3, 0.4) is 0 Å². The van der Waals surface area contributed by atoms with Crippen molar-refractivity contribution in [3.8, 4) is 45.9 Å². The predicted molar refractivity (Wildman–Crippen MR) is 224 cm³/mol. The molecule has 0 bridgehead atoms. The zero-order chi connectivity index (χ0) is 40.6. The van der Waals surface area contributed by atoms with Crippen LogP contribution >= 0.6 is 0 Å². The van der Waals surface area contributed by atoms with Crippen molar-refractivity contribution in [3.05, 3.63) is 155 Å². The van der Waals surface area contributed by atoms with Gasteiger partial charge in [-0.3, -0.25) is 0 Å². The van der Waals surface area contributed by atoms with E-state index in [1.165, 1.54) is 22.3 Å². The number of nitrogens with zero attached hydrogens (tertiary/aromatic N) is 2. The van der Waals surface area contributed by atoms with Crippen molar-refractivity contribution in [2.45, 2.75) is 67.2 Å². The number of hydrogen-bond donors (Lipinski definition) is 0. The number of esters is 2. The predicted octanol–water partition coefficient (Wildman–Crippen LogP) is 12.0. The van der Waals surface area contributed by atoms with Gasteiger partial charge in [-0.1, -0.05) is 34.4 Å². The van der Waals surface area contributed by atoms with Gasteiger partial charge in [0.2, 0.25) is 11.8 Å². The zero-order valence-corrected chi connectivity index (χ0v) is 33.5. The first-order valence-corrected chi connectivity index (χ1v) is 19.0. The Balaban J connectivity index is 1.07. The molecular weight excluding hydrogens is 717 g/mol. The van der Waals surface area contributed by atoms with E-state index >= 15 is 0 Å². The molecule has 0 amide bonds. The number of rotatable bonds is 18. The Morgan fingerprint density at radius 3 is 1.19 bits per heavy atom. The van der Waals surface area contributed by atoms with Crippen molar-refractivity contribution < 1.29 is 33.0 Å². The number of ether oxygens (including phenoxy) is 4. The van der Waals surface area contributed by atoms with Crippen molar-refractivity contribution >= 4 is 11.9 Å². The lowest BCUT2D eigenvalue weighted by molar-refractivity contribution is 0.0725. The number of aromatic nitrogens is 2. The second-order valence-electron chi connectivity index (χ2n) is 14.2. The molecule has 0 saturated heterocycles. The van der Waals surface area contributed by atoms with Gasteiger partial charge in [0.05, 0.1) is 11.1 Å². The average Bonchev–Trinajstić information content (AvgIpc) is 3.69. The molecule has 0 aliphatic rings. The van der Waals surface area contributed by atoms with E-state index in [4.69, 9.17) is 23.4 Å². The molecule has 4 aromatic carbocycles. The Kier molecular flexibility index (Phi) is 15.4. The number of hydrogen-bond acceptors (Lipinski definition) is 9. The fourth-order valence-corrected chi connectivity index (χ4v) is 5.44. The highest BCUT2D eigenvalue weighted by Gasteiger charge is 2.14. The van der Waals surface area contributed by atoms with Crippen LogP contribution < -0.4 is 18.9 Å². The first-order valence-electron chi connectivity index (χ1n) is 19.0. The summed E-state index contributed by atoms with van der Waals surface area (Å²) >= 11 is 0. The van der Waals surface area contributed by atoms with E-state index in [-0.39, 0.29) is 0 Å². The third-order valence-corrected chi connectivity index (χ3v) is 8.77. The molecule has 0 N–H and O–H groups in total. The third kappa shape index (κ3) is 13.6. The Bertz CT molecular complexity index is 2040. The molecule has 0 spiro atoms. The molecule has 57 heavy (non-hydrogen) atoms. The summed E-state index contributed by atoms with van der Waals surface area (Å²) in [6.07, 6.45) is 12.6. The van der Waals surface area contributed by atoms with E-state index in [1.807, 2.05) is 0 Å². The van der Waals surface area contributed by atoms with Crippen LogP contribution in [-0.2, 0) is 0 Å². The molecule has 1 aromatic heterocycles. The smallest absolute Gasteiger partial charge is 0.343 e. The Labute approximate surface area is 335 Å². The van der Waals surface area contributed by atoms with Crippen LogP contribution in [0.15, 0.2) is 148 Å². The molecule has 9 nitrogen and oxygen atoms in total. The minimum atomic E-state index is -0.485. The quantitative estimate of drug-likeness (QED) is 0.0489. The van der Waals surface area contributed by atoms with Crippen molar-refractivity contribution in [2.24, 2.45) is 0 Å². The van der Waals surface area contributed by atoms with E-state index < -0.39 is 11.9 Å². The summed E-state index contributed by atoms with van der Waals surface area (Å²) in [5.74, 6) is 1.71. The minimum absolute atomic E-state index is 0.296. The summed E-state index contributed by atoms with van der Waals surface area (Å²) in [6.45, 7) is 13.5. The molecule has 5 aromatic rings. The molecule has 0 aliphatic heterocycles. The fourth-order valence-electron chi connectivity index (χ4n) is 5.44. The SMILES string of the molecule is CC(C)=CCC/C(C)=C/COc1ccc(C(=O)Oc2ccc(-c3nnc(-c4ccc(OC(=O)c5ccc(OC/C=C(\C)CCC=C(C)C)cc5)cc4)o3)cc2)cc1. The second kappa shape index (κ2) is 21.0. The normalized spacial score (nSPS) is 11.4. The Morgan fingerprint density at radius 2 is 0.842 bits per heavy atom. The van der Waals surface area contributed by atoms with Crippen LogP contribution in [-0.4, -0.2) is 35.3 Å². The van der Waals surface area contributed by atoms with Crippen molar-refractivity contribution in [3.63, 3.8) is 0 Å². The molecule has 1 heterocycles. The van der Waals surface area contributed by atoms with Gasteiger partial charge in [0.15, 0.2) is 0 Å². The summed E-state index contributed by atoms with van der Waals surface area (Å²) in [5.41, 5.74) is 7.30. The number of benzene rings is 4. The molecular formula is C48H50N2O7. The molecule has 0 aliphatic carbocycles. The van der Waals surface area contributed by atoms with Gasteiger partial charge in [-0.25, -0.2) is 9.59 Å². The summed E-state index contributed by atoms with van der Waals surface area (Å²) in [4.78, 5) is 25.6. The lowest BCUT2D eigenvalue weighted by atomic mass is 10.1. The van der Waals surface area contributed by atoms with Crippen LogP contribution in [0.1, 0.15) is 87.9 Å². The highest BCUT2D eigenvalue weighted by atomic mass is 16.5. The molecule has 9 heteroatoms. The standard InChI is InChI=1S/C48H50N2O7/c1-33(2)9-7-11-35(5)29-31-53-41-21-17-39(18-22-41)47(51)55-43-25-13-37(14-26-43)45-49-50-46(57-45)38-15-27-44(28-16-38)56-48(52)40-19-23-42(24-20-40)54-32-30-36(6)12-8-10-34(3)4/h9-10,13-30H,7-8,11-12,31-32H2,1-6H3/b35-29+,36-30+. The van der Waals surface area contributed by atoms with Gasteiger partial charge in [0.1, 0.15) is 36.2 Å². The van der Waals surface area contributed by atoms with Crippen LogP contribution in [0.4, 0.5) is 0 Å². The Morgan fingerprint density at radius 1 is 0.491 bits per heavy atom. The number of carbonyl (C=O) groups is 2. The van der Waals surface area contributed by atoms with Crippen LogP contribution in [0.25, 0.3) is 22.9 Å². The van der Waals surface area contributed by atoms with Crippen molar-refractivity contribution in [2.75, 3.05) is 13.2 Å². The Hall–Kier alpha value is -6.48. The van der Waals surface area contributed by atoms with E-state index in [0.29, 0.717) is 70.2 Å². The number of allylic oxidation sites excluding steroid dienone is 6. The third-order valence-electron chi connectivity index (χ3n) is 8.77. The van der Waals surface area contributed by atoms with Gasteiger partial charge in [0.25, 0.3) is 0 Å². The minimum Gasteiger partial charge on any atom is -0.490 e. The maximum Gasteiger partial charge on any atom is 0.343 e. The maximum absolute atomic E-state index is 12.8. The molecule has 0 unspecified atom stereocenters. The molecule has 0 radical (unpaired) electrons. The van der Waals surface area contributed by atoms with Crippen LogP contribution in [0.5, 0.6) is 23.0 Å². The van der Waals surface area contributed by atoms with E-state index in [2.05, 4.69) is 76.0 Å². The molecule has 0 fully saturated rings. The van der Waals surface area contributed by atoms with Gasteiger partial charge in [-0.05, 0) is 176 Å². The zero-order valence-electron chi connectivity index (χ0n) is 33.5. The van der Waals surface area contributed by atoms with Gasteiger partial charge in [0, 0.05) is 11.1 Å². The van der Waals surface area contributed by atoms with Gasteiger partial charge in [-0.15, -0.1) is 10.2 Å². The second-order valence-corrected chi connectivity index (χ2v) is 14.2. The van der Waals surface area contributed by atoms with E-state index in [0.717, 1.165) is 25.7 Å². The van der Waals surface area contributed by atoms with E-state index in [9.17, 15) is 9.59 Å². The first-order chi connectivity index (χ1) is 27.5. The summed E-state index contributed by atoms with van der Waals surface area (Å²) in [5, 5.41) is 8.36. The molecule has 0 atom stereocenters. The summed E-state index contributed by atoms with van der Waals surface area (Å²) in [7, 11) is 0. The highest BCUT2D eigenvalue weighted by Crippen LogP contribution is 2.28. The average molecular weight is 767 g/mol. The fraction of sp³-hybridized carbons (Fsp3) is 0.250. The largest absolute Gasteiger partial charge is 0.490 e. The van der Waals surface area contributed by atoms with E-state index in [1.54, 1.807) is 97.1 Å². The summed E-state index contributed by atoms with van der Waals surface area (Å²) in [6, 6.07) is 27.3. The molecule has 0 saturated carbocycles. The number of carbonyl (C=O) groups excluding carboxylic acids is 2. The lowest BCUT2D eigenvalue weighted by Crippen LogP contribution is -2.08. The first kappa shape index (κ1) is 41.7.